The lowest BCUT2D eigenvalue weighted by Crippen LogP contribution is -2.65. The quantitative estimate of drug-likeness (QED) is 0.0204. The summed E-state index contributed by atoms with van der Waals surface area (Å²) in [7, 11) is 0. The number of carbonyl (C=O) groups excluding carboxylic acids is 1. The molecule has 0 saturated carbocycles. The Balaban J connectivity index is 1.64. The normalized spacial score (nSPS) is 22.9. The highest BCUT2D eigenvalue weighted by atomic mass is 16.7. The first kappa shape index (κ1) is 86.8. The van der Waals surface area contributed by atoms with E-state index in [4.69, 9.17) is 18.9 Å². The Hall–Kier alpha value is -2.31. The van der Waals surface area contributed by atoms with Gasteiger partial charge in [0, 0.05) is 6.42 Å². The summed E-state index contributed by atoms with van der Waals surface area (Å²) in [4.78, 5) is 13.4. The van der Waals surface area contributed by atoms with Crippen molar-refractivity contribution in [3.8, 4) is 0 Å². The lowest BCUT2D eigenvalue weighted by atomic mass is 9.97. The van der Waals surface area contributed by atoms with Gasteiger partial charge in [-0.25, -0.2) is 0 Å². The molecule has 14 nitrogen and oxygen atoms in total. The SMILES string of the molecule is CCCCCCC/C=C\C/C=C\C/C=C\CCCCCCCCCCCCCCCCCCCCC(=O)NC(COC1OC(CO)C(OC2OC(CO)C(O)C(O)C2O)C(O)C1O)C(O)/C=C/CC/C=C/CCCCCCCCCCCCCCCCCCCCCC. The van der Waals surface area contributed by atoms with Gasteiger partial charge in [-0.15, -0.1) is 0 Å². The molecular weight excluding hydrogens is 1170 g/mol. The highest BCUT2D eigenvalue weighted by Gasteiger charge is 2.51. The predicted molar refractivity (Wildman–Crippen MR) is 383 cm³/mol. The summed E-state index contributed by atoms with van der Waals surface area (Å²) in [6.07, 6.45) is 68.7. The van der Waals surface area contributed by atoms with E-state index in [1.807, 2.05) is 6.08 Å². The van der Waals surface area contributed by atoms with Gasteiger partial charge in [-0.2, -0.15) is 0 Å². The third-order valence-electron chi connectivity index (χ3n) is 18.9. The monoisotopic (exact) mass is 1320 g/mol. The molecule has 0 aromatic carbocycles. The van der Waals surface area contributed by atoms with Crippen LogP contribution in [-0.2, 0) is 23.7 Å². The molecule has 0 radical (unpaired) electrons. The molecule has 0 aromatic rings. The molecule has 2 aliphatic rings. The first-order valence-corrected chi connectivity index (χ1v) is 39.0. The summed E-state index contributed by atoms with van der Waals surface area (Å²) >= 11 is 0. The highest BCUT2D eigenvalue weighted by molar-refractivity contribution is 5.76. The number of ether oxygens (including phenoxy) is 4. The molecule has 2 fully saturated rings. The molecule has 0 aliphatic carbocycles. The zero-order chi connectivity index (χ0) is 67.3. The molecule has 0 bridgehead atoms. The van der Waals surface area contributed by atoms with Crippen LogP contribution in [0.15, 0.2) is 60.8 Å². The fraction of sp³-hybridized carbons (Fsp3) is 0.861. The van der Waals surface area contributed by atoms with Gasteiger partial charge in [-0.1, -0.05) is 325 Å². The molecule has 544 valence electrons. The Kier molecular flexibility index (Phi) is 58.9. The summed E-state index contributed by atoms with van der Waals surface area (Å²) < 4.78 is 22.9. The van der Waals surface area contributed by atoms with Crippen molar-refractivity contribution < 1.29 is 64.6 Å². The van der Waals surface area contributed by atoms with Crippen LogP contribution in [0.25, 0.3) is 0 Å². The minimum Gasteiger partial charge on any atom is -0.394 e. The topological polar surface area (TPSA) is 228 Å². The first-order valence-electron chi connectivity index (χ1n) is 39.0. The van der Waals surface area contributed by atoms with Crippen molar-refractivity contribution in [1.82, 2.24) is 5.32 Å². The maximum Gasteiger partial charge on any atom is 0.220 e. The van der Waals surface area contributed by atoms with E-state index in [-0.39, 0.29) is 18.9 Å². The summed E-state index contributed by atoms with van der Waals surface area (Å²) in [6, 6.07) is -0.934. The zero-order valence-corrected chi connectivity index (χ0v) is 59.5. The van der Waals surface area contributed by atoms with Crippen molar-refractivity contribution in [1.29, 1.82) is 0 Å². The fourth-order valence-electron chi connectivity index (χ4n) is 12.7. The number of amides is 1. The molecule has 1 amide bonds. The molecular formula is C79H145NO13. The van der Waals surface area contributed by atoms with Crippen molar-refractivity contribution in [3.05, 3.63) is 60.8 Å². The molecule has 14 heteroatoms. The van der Waals surface area contributed by atoms with E-state index in [1.54, 1.807) is 6.08 Å². The number of rotatable bonds is 65. The molecule has 2 rings (SSSR count). The highest BCUT2D eigenvalue weighted by Crippen LogP contribution is 2.30. The largest absolute Gasteiger partial charge is 0.394 e. The minimum absolute atomic E-state index is 0.244. The summed E-state index contributed by atoms with van der Waals surface area (Å²) in [6.45, 7) is 2.82. The van der Waals surface area contributed by atoms with Gasteiger partial charge in [0.15, 0.2) is 12.6 Å². The lowest BCUT2D eigenvalue weighted by molar-refractivity contribution is -0.359. The number of allylic oxidation sites excluding steroid dienone is 9. The van der Waals surface area contributed by atoms with E-state index in [0.717, 1.165) is 44.9 Å². The van der Waals surface area contributed by atoms with E-state index in [0.29, 0.717) is 12.8 Å². The van der Waals surface area contributed by atoms with Crippen LogP contribution in [0.1, 0.15) is 341 Å². The summed E-state index contributed by atoms with van der Waals surface area (Å²) in [5, 5.41) is 87.6. The second kappa shape index (κ2) is 63.2. The number of aliphatic hydroxyl groups is 8. The Morgan fingerprint density at radius 2 is 0.720 bits per heavy atom. The van der Waals surface area contributed by atoms with Gasteiger partial charge in [0.1, 0.15) is 48.8 Å². The van der Waals surface area contributed by atoms with Crippen LogP contribution in [0.5, 0.6) is 0 Å². The van der Waals surface area contributed by atoms with Crippen LogP contribution in [0, 0.1) is 0 Å². The van der Waals surface area contributed by atoms with E-state index >= 15 is 0 Å². The standard InChI is InChI=1S/C79H145NO13/c1-3-5-7-9-11-13-15-17-19-21-23-25-27-29-31-32-33-34-35-36-37-39-41-43-45-47-49-51-53-55-57-59-61-63-71(84)80-67(66-90-78-76(89)74(87)77(70(65-82)92-78)93-79-75(88)73(86)72(85)69(64-81)91-79)68(83)62-60-58-56-54-52-50-48-46-44-42-40-38-30-28-26-24-22-20-18-16-14-12-10-8-6-4-2/h15,17,21,23,27,29,52,54,60,62,67-70,72-79,81-83,85-89H,3-14,16,18-20,22,24-26,28,30-51,53,55-59,61,63-66H2,1-2H3,(H,80,84)/b17-15-,23-21-,29-27-,54-52+,62-60+. The smallest absolute Gasteiger partial charge is 0.220 e. The van der Waals surface area contributed by atoms with Gasteiger partial charge in [0.25, 0.3) is 0 Å². The Bertz CT molecular complexity index is 1790. The summed E-state index contributed by atoms with van der Waals surface area (Å²) in [5.74, 6) is -0.244. The number of unbranched alkanes of at least 4 members (excludes halogenated alkanes) is 44. The van der Waals surface area contributed by atoms with Gasteiger partial charge >= 0.3 is 0 Å². The molecule has 12 atom stereocenters. The second-order valence-electron chi connectivity index (χ2n) is 27.5. The van der Waals surface area contributed by atoms with Crippen LogP contribution >= 0.6 is 0 Å². The van der Waals surface area contributed by atoms with E-state index < -0.39 is 86.8 Å². The van der Waals surface area contributed by atoms with Crippen LogP contribution in [-0.4, -0.2) is 140 Å². The Morgan fingerprint density at radius 1 is 0.387 bits per heavy atom. The Morgan fingerprint density at radius 3 is 1.13 bits per heavy atom. The van der Waals surface area contributed by atoms with Crippen LogP contribution in [0.2, 0.25) is 0 Å². The number of nitrogens with one attached hydrogen (secondary N) is 1. The van der Waals surface area contributed by atoms with Crippen LogP contribution in [0.4, 0.5) is 0 Å². The fourth-order valence-corrected chi connectivity index (χ4v) is 12.7. The Labute approximate surface area is 568 Å². The van der Waals surface area contributed by atoms with E-state index in [9.17, 15) is 45.6 Å². The van der Waals surface area contributed by atoms with Gasteiger partial charge in [0.05, 0.1) is 32.0 Å². The number of hydrogen-bond acceptors (Lipinski definition) is 13. The number of hydrogen-bond donors (Lipinski definition) is 9. The van der Waals surface area contributed by atoms with Crippen LogP contribution in [0.3, 0.4) is 0 Å². The van der Waals surface area contributed by atoms with Crippen LogP contribution < -0.4 is 5.32 Å². The molecule has 0 aromatic heterocycles. The third-order valence-corrected chi connectivity index (χ3v) is 18.9. The average molecular weight is 1320 g/mol. The third kappa shape index (κ3) is 46.6. The van der Waals surface area contributed by atoms with Gasteiger partial charge in [0.2, 0.25) is 5.91 Å². The maximum absolute atomic E-state index is 13.4. The van der Waals surface area contributed by atoms with Crippen molar-refractivity contribution in [3.63, 3.8) is 0 Å². The van der Waals surface area contributed by atoms with Crippen molar-refractivity contribution >= 4 is 5.91 Å². The predicted octanol–water partition coefficient (Wildman–Crippen LogP) is 17.2. The zero-order valence-electron chi connectivity index (χ0n) is 59.5. The molecule has 2 aliphatic heterocycles. The van der Waals surface area contributed by atoms with Crippen molar-refractivity contribution in [2.45, 2.75) is 415 Å². The number of carbonyl (C=O) groups is 1. The molecule has 9 N–H and O–H groups in total. The average Bonchev–Trinajstić information content (AvgIpc) is 0.852. The minimum atomic E-state index is -1.79. The molecule has 93 heavy (non-hydrogen) atoms. The second-order valence-corrected chi connectivity index (χ2v) is 27.5. The molecule has 0 spiro atoms. The lowest BCUT2D eigenvalue weighted by Gasteiger charge is -2.46. The van der Waals surface area contributed by atoms with E-state index in [1.165, 1.54) is 263 Å². The summed E-state index contributed by atoms with van der Waals surface area (Å²) in [5.41, 5.74) is 0. The van der Waals surface area contributed by atoms with Gasteiger partial charge < -0.3 is 65.1 Å². The maximum atomic E-state index is 13.4. The first-order chi connectivity index (χ1) is 45.6. The molecule has 12 unspecified atom stereocenters. The van der Waals surface area contributed by atoms with Crippen molar-refractivity contribution in [2.24, 2.45) is 0 Å². The van der Waals surface area contributed by atoms with Gasteiger partial charge in [-0.3, -0.25) is 4.79 Å². The molecule has 2 heterocycles. The van der Waals surface area contributed by atoms with Gasteiger partial charge in [-0.05, 0) is 70.6 Å². The molecule has 2 saturated heterocycles. The van der Waals surface area contributed by atoms with E-state index in [2.05, 4.69) is 67.8 Å². The number of aliphatic hydroxyl groups excluding tert-OH is 8. The van der Waals surface area contributed by atoms with Crippen molar-refractivity contribution in [2.75, 3.05) is 19.8 Å².